The van der Waals surface area contributed by atoms with Gasteiger partial charge in [0.15, 0.2) is 5.65 Å². The smallest absolute Gasteiger partial charge is 0.288 e. The van der Waals surface area contributed by atoms with Crippen LogP contribution < -0.4 is 4.90 Å². The molecule has 0 aliphatic carbocycles. The predicted octanol–water partition coefficient (Wildman–Crippen LogP) is 2.70. The van der Waals surface area contributed by atoms with Crippen LogP contribution in [0.4, 0.5) is 14.6 Å². The van der Waals surface area contributed by atoms with Gasteiger partial charge in [-0.3, -0.25) is 9.48 Å². The Kier molecular flexibility index (Phi) is 4.96. The maximum atomic E-state index is 12.7. The van der Waals surface area contributed by atoms with E-state index in [0.29, 0.717) is 47.7 Å². The fourth-order valence-electron chi connectivity index (χ4n) is 3.11. The lowest BCUT2D eigenvalue weighted by molar-refractivity contribution is 0.0748. The van der Waals surface area contributed by atoms with Gasteiger partial charge in [-0.2, -0.15) is 13.9 Å². The molecule has 142 valence electrons. The number of carbonyl (C=O) groups is 1. The summed E-state index contributed by atoms with van der Waals surface area (Å²) in [6.45, 7) is 2.22. The molecule has 0 spiro atoms. The maximum Gasteiger partial charge on any atom is 0.288 e. The second-order valence-corrected chi connectivity index (χ2v) is 7.92. The highest BCUT2D eigenvalue weighted by atomic mass is 32.2. The van der Waals surface area contributed by atoms with Crippen LogP contribution in [0.1, 0.15) is 9.67 Å². The molecule has 1 saturated heterocycles. The van der Waals surface area contributed by atoms with Crippen LogP contribution >= 0.6 is 23.1 Å². The zero-order valence-corrected chi connectivity index (χ0v) is 16.0. The third-order valence-electron chi connectivity index (χ3n) is 4.41. The lowest BCUT2D eigenvalue weighted by atomic mass is 10.2. The topological polar surface area (TPSA) is 67.2 Å². The van der Waals surface area contributed by atoms with E-state index in [2.05, 4.69) is 20.0 Å². The van der Waals surface area contributed by atoms with Crippen LogP contribution in [0.5, 0.6) is 0 Å². The number of anilines is 1. The van der Waals surface area contributed by atoms with Crippen molar-refractivity contribution < 1.29 is 13.6 Å². The minimum atomic E-state index is -2.54. The molecular weight excluding hydrogens is 394 g/mol. The van der Waals surface area contributed by atoms with E-state index >= 15 is 0 Å². The molecule has 3 aromatic rings. The molecule has 0 N–H and O–H groups in total. The molecule has 0 unspecified atom stereocenters. The molecule has 0 atom stereocenters. The van der Waals surface area contributed by atoms with Crippen LogP contribution in [0.2, 0.25) is 0 Å². The molecule has 4 rings (SSSR count). The number of aryl methyl sites for hydroxylation is 1. The van der Waals surface area contributed by atoms with E-state index in [1.54, 1.807) is 27.2 Å². The van der Waals surface area contributed by atoms with E-state index in [0.717, 1.165) is 16.9 Å². The number of hydrogen-bond donors (Lipinski definition) is 0. The minimum absolute atomic E-state index is 0.193. The summed E-state index contributed by atoms with van der Waals surface area (Å²) in [7, 11) is 1.83. The molecule has 0 bridgehead atoms. The fraction of sp³-hybridized carbons (Fsp3) is 0.375. The molecule has 0 saturated carbocycles. The van der Waals surface area contributed by atoms with Crippen LogP contribution in [0, 0.1) is 0 Å². The highest BCUT2D eigenvalue weighted by Crippen LogP contribution is 2.33. The number of thioether (sulfide) groups is 1. The van der Waals surface area contributed by atoms with Gasteiger partial charge in [0.25, 0.3) is 11.7 Å². The summed E-state index contributed by atoms with van der Waals surface area (Å²) in [6, 6.07) is 1.57. The van der Waals surface area contributed by atoms with E-state index < -0.39 is 5.76 Å². The Hall–Kier alpha value is -2.27. The Morgan fingerprint density at radius 3 is 2.78 bits per heavy atom. The van der Waals surface area contributed by atoms with Gasteiger partial charge in [-0.15, -0.1) is 11.3 Å². The van der Waals surface area contributed by atoms with Gasteiger partial charge >= 0.3 is 0 Å². The van der Waals surface area contributed by atoms with Crippen molar-refractivity contribution in [1.82, 2.24) is 24.6 Å². The number of hydrogen-bond acceptors (Lipinski definition) is 7. The van der Waals surface area contributed by atoms with Crippen LogP contribution in [0.3, 0.4) is 0 Å². The lowest BCUT2D eigenvalue weighted by Gasteiger charge is -2.35. The third-order valence-corrected chi connectivity index (χ3v) is 6.22. The molecule has 27 heavy (non-hydrogen) atoms. The first kappa shape index (κ1) is 18.1. The highest BCUT2D eigenvalue weighted by molar-refractivity contribution is 7.99. The van der Waals surface area contributed by atoms with E-state index in [1.807, 2.05) is 7.05 Å². The van der Waals surface area contributed by atoms with Crippen molar-refractivity contribution in [3.63, 3.8) is 0 Å². The molecular formula is C16H16F2N6OS2. The highest BCUT2D eigenvalue weighted by Gasteiger charge is 2.27. The van der Waals surface area contributed by atoms with Crippen LogP contribution in [0.15, 0.2) is 28.9 Å². The monoisotopic (exact) mass is 410 g/mol. The van der Waals surface area contributed by atoms with Gasteiger partial charge in [0.1, 0.15) is 17.0 Å². The van der Waals surface area contributed by atoms with Crippen molar-refractivity contribution in [2.24, 2.45) is 7.05 Å². The van der Waals surface area contributed by atoms with Crippen molar-refractivity contribution >= 4 is 45.9 Å². The zero-order valence-electron chi connectivity index (χ0n) is 14.4. The van der Waals surface area contributed by atoms with E-state index in [1.165, 1.54) is 17.7 Å². The summed E-state index contributed by atoms with van der Waals surface area (Å²) in [5, 5.41) is 6.77. The van der Waals surface area contributed by atoms with E-state index in [-0.39, 0.29) is 5.91 Å². The molecule has 4 heterocycles. The summed E-state index contributed by atoms with van der Waals surface area (Å²) in [6.07, 6.45) is 3.25. The van der Waals surface area contributed by atoms with Crippen LogP contribution in [-0.2, 0) is 7.05 Å². The maximum absolute atomic E-state index is 12.7. The Morgan fingerprint density at radius 2 is 2.04 bits per heavy atom. The zero-order chi connectivity index (χ0) is 19.0. The number of aromatic nitrogens is 4. The number of halogens is 2. The van der Waals surface area contributed by atoms with Gasteiger partial charge in [-0.1, -0.05) is 11.8 Å². The summed E-state index contributed by atoms with van der Waals surface area (Å²) in [5.41, 5.74) is 0.755. The van der Waals surface area contributed by atoms with E-state index in [4.69, 9.17) is 0 Å². The number of nitrogens with zero attached hydrogens (tertiary/aromatic N) is 6. The average Bonchev–Trinajstić information content (AvgIpc) is 3.28. The molecule has 0 radical (unpaired) electrons. The molecule has 1 amide bonds. The number of fused-ring (bicyclic) bond motifs is 1. The summed E-state index contributed by atoms with van der Waals surface area (Å²) in [4.78, 5) is 25.9. The van der Waals surface area contributed by atoms with Crippen LogP contribution in [-0.4, -0.2) is 62.5 Å². The fourth-order valence-corrected chi connectivity index (χ4v) is 4.77. The van der Waals surface area contributed by atoms with Gasteiger partial charge in [-0.25, -0.2) is 9.97 Å². The second kappa shape index (κ2) is 7.39. The van der Waals surface area contributed by atoms with Gasteiger partial charge in [-0.05, 0) is 11.4 Å². The summed E-state index contributed by atoms with van der Waals surface area (Å²) in [5.74, 6) is -1.94. The van der Waals surface area contributed by atoms with Gasteiger partial charge in [0.2, 0.25) is 0 Å². The Bertz CT molecular complexity index is 967. The molecule has 1 aliphatic heterocycles. The normalized spacial score (nSPS) is 15.1. The molecule has 0 aromatic carbocycles. The summed E-state index contributed by atoms with van der Waals surface area (Å²) >= 11 is 1.62. The predicted molar refractivity (Wildman–Crippen MR) is 101 cm³/mol. The average molecular weight is 410 g/mol. The SMILES string of the molecule is Cn1ncc2c(N3CCN(C(=O)c4sccc4SC(F)F)CC3)ncnc21. The second-order valence-electron chi connectivity index (χ2n) is 5.97. The van der Waals surface area contributed by atoms with Crippen molar-refractivity contribution in [3.05, 3.63) is 28.8 Å². The van der Waals surface area contributed by atoms with Crippen molar-refractivity contribution in [2.45, 2.75) is 10.7 Å². The quantitative estimate of drug-likeness (QED) is 0.616. The van der Waals surface area contributed by atoms with E-state index in [9.17, 15) is 13.6 Å². The molecule has 7 nitrogen and oxygen atoms in total. The molecule has 11 heteroatoms. The number of alkyl halides is 2. The Balaban J connectivity index is 1.47. The lowest BCUT2D eigenvalue weighted by Crippen LogP contribution is -2.49. The van der Waals surface area contributed by atoms with Gasteiger partial charge < -0.3 is 9.80 Å². The largest absolute Gasteiger partial charge is 0.352 e. The van der Waals surface area contributed by atoms with Crippen molar-refractivity contribution in [1.29, 1.82) is 0 Å². The first-order valence-electron chi connectivity index (χ1n) is 8.24. The van der Waals surface area contributed by atoms with Crippen molar-refractivity contribution in [2.75, 3.05) is 31.1 Å². The van der Waals surface area contributed by atoms with Crippen LogP contribution in [0.25, 0.3) is 11.0 Å². The molecule has 1 fully saturated rings. The van der Waals surface area contributed by atoms with Gasteiger partial charge in [0.05, 0.1) is 11.6 Å². The third kappa shape index (κ3) is 3.48. The number of amides is 1. The Morgan fingerprint density at radius 1 is 1.26 bits per heavy atom. The number of carbonyl (C=O) groups excluding carboxylic acids is 1. The minimum Gasteiger partial charge on any atom is -0.352 e. The standard InChI is InChI=1S/C16H16F2N6OS2/c1-22-13-10(8-21-22)14(20-9-19-13)23-3-5-24(6-4-23)15(25)12-11(2-7-26-12)27-16(17)18/h2,7-9,16H,3-6H2,1H3. The number of piperazine rings is 1. The van der Waals surface area contributed by atoms with Crippen molar-refractivity contribution in [3.8, 4) is 0 Å². The van der Waals surface area contributed by atoms with Gasteiger partial charge in [0, 0.05) is 38.1 Å². The first-order valence-corrected chi connectivity index (χ1v) is 9.99. The first-order chi connectivity index (χ1) is 13.0. The Labute approximate surface area is 162 Å². The summed E-state index contributed by atoms with van der Waals surface area (Å²) < 4.78 is 27.0. The molecule has 1 aliphatic rings. The molecule has 3 aromatic heterocycles. The number of thiophene rings is 1. The number of rotatable bonds is 4.